The summed E-state index contributed by atoms with van der Waals surface area (Å²) < 4.78 is 15.3. The van der Waals surface area contributed by atoms with Gasteiger partial charge in [-0.05, 0) is 106 Å². The topological polar surface area (TPSA) is 243 Å². The van der Waals surface area contributed by atoms with Gasteiger partial charge in [-0.3, -0.25) is 43.1 Å². The molecule has 19 nitrogen and oxygen atoms in total. The van der Waals surface area contributed by atoms with Crippen LogP contribution in [-0.4, -0.2) is 115 Å². The fourth-order valence-corrected chi connectivity index (χ4v) is 9.78. The second-order valence-electron chi connectivity index (χ2n) is 17.9. The molecule has 2 atom stereocenters. The number of nitrogens with one attached hydrogen (secondary N) is 2. The first-order chi connectivity index (χ1) is 33.5. The summed E-state index contributed by atoms with van der Waals surface area (Å²) in [5, 5.41) is 19.7. The molecule has 4 N–H and O–H groups in total. The molecule has 358 valence electrons. The number of nitrogens with zero attached hydrogens (tertiary/aromatic N) is 7. The van der Waals surface area contributed by atoms with Crippen LogP contribution in [0.4, 0.5) is 5.82 Å². The van der Waals surface area contributed by atoms with Gasteiger partial charge in [-0.15, -0.1) is 5.10 Å². The zero-order valence-electron chi connectivity index (χ0n) is 38.1. The molecule has 0 radical (unpaired) electrons. The van der Waals surface area contributed by atoms with Crippen LogP contribution in [0.5, 0.6) is 17.2 Å². The van der Waals surface area contributed by atoms with Crippen molar-refractivity contribution in [2.45, 2.75) is 89.3 Å². The van der Waals surface area contributed by atoms with Crippen molar-refractivity contribution in [2.75, 3.05) is 38.1 Å². The van der Waals surface area contributed by atoms with Gasteiger partial charge < -0.3 is 30.7 Å². The van der Waals surface area contributed by atoms with Crippen LogP contribution in [0, 0.1) is 5.92 Å². The number of piperidine rings is 1. The lowest BCUT2D eigenvalue weighted by Gasteiger charge is -2.38. The number of anilines is 1. The van der Waals surface area contributed by atoms with Gasteiger partial charge >= 0.3 is 0 Å². The van der Waals surface area contributed by atoms with Gasteiger partial charge in [0.05, 0.1) is 35.3 Å². The molecule has 1 saturated carbocycles. The van der Waals surface area contributed by atoms with Crippen molar-refractivity contribution in [3.05, 3.63) is 101 Å². The maximum absolute atomic E-state index is 13.3. The Bertz CT molecular complexity index is 2760. The van der Waals surface area contributed by atoms with Crippen molar-refractivity contribution in [3.63, 3.8) is 0 Å². The number of ether oxygens (including phenoxy) is 2. The predicted molar refractivity (Wildman–Crippen MR) is 249 cm³/mol. The smallest absolute Gasteiger partial charge is 0.266 e. The average molecular weight is 939 g/mol. The van der Waals surface area contributed by atoms with Crippen molar-refractivity contribution in [1.82, 2.24) is 39.9 Å². The van der Waals surface area contributed by atoms with Crippen LogP contribution in [0.3, 0.4) is 0 Å². The Morgan fingerprint density at radius 2 is 1.64 bits per heavy atom. The third kappa shape index (κ3) is 10.3. The number of aromatic nitrogens is 5. The van der Waals surface area contributed by atoms with Crippen LogP contribution >= 0.6 is 0 Å². The van der Waals surface area contributed by atoms with E-state index in [2.05, 4.69) is 20.9 Å². The lowest BCUT2D eigenvalue weighted by Crippen LogP contribution is -2.47. The summed E-state index contributed by atoms with van der Waals surface area (Å²) in [5.41, 5.74) is 8.52. The van der Waals surface area contributed by atoms with E-state index in [1.54, 1.807) is 10.7 Å². The second-order valence-corrected chi connectivity index (χ2v) is 17.9. The highest BCUT2D eigenvalue weighted by molar-refractivity contribution is 6.24. The molecule has 0 bridgehead atoms. The van der Waals surface area contributed by atoms with E-state index >= 15 is 0 Å². The molecule has 1 saturated heterocycles. The lowest BCUT2D eigenvalue weighted by atomic mass is 9.86. The van der Waals surface area contributed by atoms with Gasteiger partial charge in [-0.2, -0.15) is 5.10 Å². The molecule has 1 aliphatic carbocycles. The molecule has 3 aromatic carbocycles. The molecule has 5 aromatic rings. The van der Waals surface area contributed by atoms with Gasteiger partial charge in [0, 0.05) is 57.3 Å². The number of para-hydroxylation sites is 1. The number of likely N-dealkylation sites (tertiary alicyclic amines) is 1. The van der Waals surface area contributed by atoms with E-state index in [9.17, 15) is 33.6 Å². The van der Waals surface area contributed by atoms with Crippen LogP contribution in [0.1, 0.15) is 107 Å². The molecule has 5 amide bonds. The van der Waals surface area contributed by atoms with Crippen LogP contribution in [0.25, 0.3) is 11.3 Å². The van der Waals surface area contributed by atoms with Gasteiger partial charge in [0.25, 0.3) is 23.6 Å². The maximum atomic E-state index is 13.3. The number of rotatable bonds is 18. The third-order valence-corrected chi connectivity index (χ3v) is 13.3. The molecular weight excluding hydrogens is 885 g/mol. The highest BCUT2D eigenvalue weighted by atomic mass is 16.5. The first-order valence-corrected chi connectivity index (χ1v) is 23.6. The molecule has 5 heterocycles. The first-order valence-electron chi connectivity index (χ1n) is 23.6. The number of ketones is 2. The van der Waals surface area contributed by atoms with Gasteiger partial charge in [0.2, 0.25) is 5.91 Å². The molecule has 3 aliphatic heterocycles. The zero-order valence-corrected chi connectivity index (χ0v) is 38.1. The van der Waals surface area contributed by atoms with Gasteiger partial charge in [0.1, 0.15) is 40.1 Å². The Hall–Kier alpha value is -7.70. The van der Waals surface area contributed by atoms with Crippen molar-refractivity contribution in [3.8, 4) is 28.5 Å². The van der Waals surface area contributed by atoms with Crippen molar-refractivity contribution >= 4 is 46.9 Å². The van der Waals surface area contributed by atoms with Crippen LogP contribution in [-0.2, 0) is 32.1 Å². The normalized spacial score (nSPS) is 18.1. The largest absolute Gasteiger partial charge is 0.483 e. The highest BCUT2D eigenvalue weighted by Crippen LogP contribution is 2.41. The molecule has 19 heteroatoms. The van der Waals surface area contributed by atoms with Crippen molar-refractivity contribution in [1.29, 1.82) is 0 Å². The number of imide groups is 1. The minimum Gasteiger partial charge on any atom is -0.483 e. The summed E-state index contributed by atoms with van der Waals surface area (Å²) in [6, 6.07) is 20.6. The van der Waals surface area contributed by atoms with E-state index in [-0.39, 0.29) is 66.4 Å². The van der Waals surface area contributed by atoms with Crippen LogP contribution in [0.15, 0.2) is 79.0 Å². The number of benzene rings is 3. The summed E-state index contributed by atoms with van der Waals surface area (Å²) in [6.45, 7) is 2.58. The summed E-state index contributed by atoms with van der Waals surface area (Å²) in [7, 11) is 0. The first kappa shape index (κ1) is 46.4. The monoisotopic (exact) mass is 938 g/mol. The molecule has 9 rings (SSSR count). The number of carbonyl (C=O) groups is 7. The Balaban J connectivity index is 0.676. The number of unbranched alkanes of at least 4 members (excludes halogenated alkanes) is 1. The Morgan fingerprint density at radius 3 is 2.41 bits per heavy atom. The lowest BCUT2D eigenvalue weighted by molar-refractivity contribution is -0.133. The minimum absolute atomic E-state index is 0.00541. The molecule has 4 aliphatic rings. The van der Waals surface area contributed by atoms with Gasteiger partial charge in [0.15, 0.2) is 12.4 Å². The number of carbonyl (C=O) groups excluding carboxylic acids is 7. The number of Topliss-reactive ketones (excluding diaryl/α,β-unsaturated/α-hetero) is 2. The van der Waals surface area contributed by atoms with Crippen molar-refractivity contribution in [2.24, 2.45) is 11.7 Å². The number of primary amides is 1. The number of amides is 5. The Kier molecular flexibility index (Phi) is 13.9. The predicted octanol–water partition coefficient (Wildman–Crippen LogP) is 4.91. The van der Waals surface area contributed by atoms with E-state index in [0.29, 0.717) is 87.7 Å². The zero-order chi connectivity index (χ0) is 48.0. The number of nitrogens with two attached hydrogens (primary N) is 1. The molecule has 2 fully saturated rings. The van der Waals surface area contributed by atoms with E-state index < -0.39 is 35.5 Å². The maximum Gasteiger partial charge on any atom is 0.266 e. The third-order valence-electron chi connectivity index (χ3n) is 13.3. The number of hydrogen-bond acceptors (Lipinski definition) is 13. The number of hydrogen-bond donors (Lipinski definition) is 3. The van der Waals surface area contributed by atoms with E-state index in [1.165, 1.54) is 12.1 Å². The summed E-state index contributed by atoms with van der Waals surface area (Å²) >= 11 is 0. The second kappa shape index (κ2) is 20.7. The standard InChI is InChI=1S/C50H54N10O9/c51-47(65)45-46(32-14-17-36(18-15-32)69-35-9-2-1-3-10-35)55-60-38(20-24-53-48(45)60)31-21-26-57(27-22-31)43(64)13-6-8-33-29-58(56-54-33)25-5-4-23-52-42(63)30-68-41-12-7-11-37-44(41)50(67)59(49(37)66)39-19-16-34(61)28-40(39)62/h1-3,7,9-12,14-15,17-18,29,31,38-39,53H,4-6,8,13,16,19-28,30H2,(H2,51,65)(H,52,63)/t38-,39?/m0/s1. The molecular formula is C50H54N10O9. The highest BCUT2D eigenvalue weighted by Gasteiger charge is 2.46. The quantitative estimate of drug-likeness (QED) is 0.0602. The van der Waals surface area contributed by atoms with Gasteiger partial charge in [-0.1, -0.05) is 29.5 Å². The Labute approximate surface area is 397 Å². The van der Waals surface area contributed by atoms with Crippen LogP contribution < -0.4 is 25.8 Å². The minimum atomic E-state index is -0.996. The van der Waals surface area contributed by atoms with E-state index in [0.717, 1.165) is 41.2 Å². The molecule has 1 unspecified atom stereocenters. The average Bonchev–Trinajstić information content (AvgIpc) is 4.05. The molecule has 2 aromatic heterocycles. The van der Waals surface area contributed by atoms with Crippen LogP contribution in [0.2, 0.25) is 0 Å². The molecule has 0 spiro atoms. The molecule has 69 heavy (non-hydrogen) atoms. The number of aryl methyl sites for hydroxylation is 2. The van der Waals surface area contributed by atoms with Crippen molar-refractivity contribution < 1.29 is 43.0 Å². The summed E-state index contributed by atoms with van der Waals surface area (Å²) in [6.07, 6.45) is 7.31. The fraction of sp³-hybridized carbons (Fsp3) is 0.400. The Morgan fingerprint density at radius 1 is 0.855 bits per heavy atom. The summed E-state index contributed by atoms with van der Waals surface area (Å²) in [5.74, 6) is -0.413. The van der Waals surface area contributed by atoms with E-state index in [4.69, 9.17) is 20.3 Å². The SMILES string of the molecule is NC(=O)c1c(-c2ccc(Oc3ccccc3)cc2)nn2c1NCC[C@H]2C1CCN(C(=O)CCCc2cn(CCCCNC(=O)COc3cccc4c3C(=O)N(C3CCC(=O)CC3=O)C4=O)nn2)CC1. The van der Waals surface area contributed by atoms with Gasteiger partial charge in [-0.25, -0.2) is 4.68 Å². The van der Waals surface area contributed by atoms with E-state index in [1.807, 2.05) is 70.4 Å². The fourth-order valence-electron chi connectivity index (χ4n) is 9.78. The summed E-state index contributed by atoms with van der Waals surface area (Å²) in [4.78, 5) is 92.2. The number of fused-ring (bicyclic) bond motifs is 2.